The van der Waals surface area contributed by atoms with Crippen molar-refractivity contribution in [1.82, 2.24) is 5.32 Å². The van der Waals surface area contributed by atoms with Crippen LogP contribution in [-0.2, 0) is 11.3 Å². The van der Waals surface area contributed by atoms with E-state index < -0.39 is 0 Å². The maximum Gasteiger partial charge on any atom is 0.0757 e. The first-order chi connectivity index (χ1) is 9.90. The Hall–Kier alpha value is -0.680. The van der Waals surface area contributed by atoms with Gasteiger partial charge in [0.2, 0.25) is 0 Å². The van der Waals surface area contributed by atoms with Crippen molar-refractivity contribution in [2.75, 3.05) is 6.61 Å². The van der Waals surface area contributed by atoms with Crippen LogP contribution in [0.25, 0.3) is 10.4 Å². The Kier molecular flexibility index (Phi) is 3.65. The molecule has 20 heavy (non-hydrogen) atoms. The molecule has 1 aliphatic carbocycles. The first-order valence-electron chi connectivity index (χ1n) is 7.36. The van der Waals surface area contributed by atoms with Gasteiger partial charge in [-0.3, -0.25) is 0 Å². The van der Waals surface area contributed by atoms with Crippen LogP contribution >= 0.6 is 22.7 Å². The van der Waals surface area contributed by atoms with Crippen molar-refractivity contribution >= 4 is 22.7 Å². The molecule has 0 radical (unpaired) electrons. The monoisotopic (exact) mass is 305 g/mol. The van der Waals surface area contributed by atoms with Crippen molar-refractivity contribution in [3.05, 3.63) is 33.8 Å². The topological polar surface area (TPSA) is 21.3 Å². The molecule has 2 aromatic heterocycles. The number of thiophene rings is 2. The van der Waals surface area contributed by atoms with E-state index in [1.54, 1.807) is 0 Å². The Balaban J connectivity index is 1.37. The summed E-state index contributed by atoms with van der Waals surface area (Å²) in [7, 11) is 0. The number of hydrogen-bond donors (Lipinski definition) is 1. The summed E-state index contributed by atoms with van der Waals surface area (Å²) in [5.74, 6) is 0.833. The van der Waals surface area contributed by atoms with Crippen LogP contribution in [0.5, 0.6) is 0 Å². The number of hydrogen-bond acceptors (Lipinski definition) is 4. The van der Waals surface area contributed by atoms with Crippen LogP contribution < -0.4 is 5.32 Å². The summed E-state index contributed by atoms with van der Waals surface area (Å²) >= 11 is 3.67. The average molecular weight is 305 g/mol. The van der Waals surface area contributed by atoms with Gasteiger partial charge in [-0.25, -0.2) is 0 Å². The van der Waals surface area contributed by atoms with E-state index in [9.17, 15) is 0 Å². The van der Waals surface area contributed by atoms with E-state index in [2.05, 4.69) is 34.3 Å². The summed E-state index contributed by atoms with van der Waals surface area (Å²) in [6.07, 6.45) is 4.38. The van der Waals surface area contributed by atoms with Gasteiger partial charge in [-0.05, 0) is 48.1 Å². The van der Waals surface area contributed by atoms with Crippen LogP contribution in [0, 0.1) is 5.92 Å². The zero-order valence-corrected chi connectivity index (χ0v) is 13.0. The van der Waals surface area contributed by atoms with E-state index in [0.717, 1.165) is 19.1 Å². The van der Waals surface area contributed by atoms with Crippen molar-refractivity contribution in [3.8, 4) is 10.4 Å². The lowest BCUT2D eigenvalue weighted by Gasteiger charge is -2.19. The fraction of sp³-hybridized carbons (Fsp3) is 0.500. The molecule has 0 amide bonds. The quantitative estimate of drug-likeness (QED) is 0.896. The van der Waals surface area contributed by atoms with Crippen molar-refractivity contribution in [3.63, 3.8) is 0 Å². The molecule has 2 fully saturated rings. The third-order valence-electron chi connectivity index (χ3n) is 4.22. The second-order valence-electron chi connectivity index (χ2n) is 5.73. The summed E-state index contributed by atoms with van der Waals surface area (Å²) in [5.41, 5.74) is 1.36. The highest BCUT2D eigenvalue weighted by molar-refractivity contribution is 7.14. The molecule has 2 aliphatic rings. The fourth-order valence-corrected chi connectivity index (χ4v) is 4.62. The molecule has 4 rings (SSSR count). The van der Waals surface area contributed by atoms with Crippen LogP contribution in [0.15, 0.2) is 29.0 Å². The smallest absolute Gasteiger partial charge is 0.0757 e. The Labute approximate surface area is 127 Å². The Bertz CT molecular complexity index is 559. The van der Waals surface area contributed by atoms with Crippen LogP contribution in [0.1, 0.15) is 24.1 Å². The van der Waals surface area contributed by atoms with Crippen LogP contribution in [0.2, 0.25) is 0 Å². The van der Waals surface area contributed by atoms with E-state index in [0.29, 0.717) is 12.1 Å². The molecule has 1 saturated heterocycles. The lowest BCUT2D eigenvalue weighted by atomic mass is 10.1. The number of nitrogens with one attached hydrogen (secondary N) is 1. The zero-order valence-electron chi connectivity index (χ0n) is 11.4. The normalized spacial score (nSPS) is 26.2. The summed E-state index contributed by atoms with van der Waals surface area (Å²) in [4.78, 5) is 2.79. The lowest BCUT2D eigenvalue weighted by Crippen LogP contribution is -2.36. The molecule has 2 nitrogen and oxygen atoms in total. The first-order valence-corrected chi connectivity index (χ1v) is 9.12. The highest BCUT2D eigenvalue weighted by Crippen LogP contribution is 2.39. The minimum Gasteiger partial charge on any atom is -0.376 e. The predicted octanol–water partition coefficient (Wildman–Crippen LogP) is 4.13. The molecular formula is C16H19NOS2. The number of rotatable bonds is 5. The zero-order chi connectivity index (χ0) is 13.4. The molecule has 0 aromatic carbocycles. The van der Waals surface area contributed by atoms with E-state index >= 15 is 0 Å². The highest BCUT2D eigenvalue weighted by Gasteiger charge is 2.40. The SMILES string of the molecule is c1csc(-c2csc(CNC3CCOC3C3CC3)c2)c1. The summed E-state index contributed by atoms with van der Waals surface area (Å²) in [6.45, 7) is 1.91. The molecule has 2 atom stereocenters. The highest BCUT2D eigenvalue weighted by atomic mass is 32.1. The van der Waals surface area contributed by atoms with Gasteiger partial charge in [-0.1, -0.05) is 6.07 Å². The van der Waals surface area contributed by atoms with Crippen molar-refractivity contribution < 1.29 is 4.74 Å². The molecule has 106 valence electrons. The van der Waals surface area contributed by atoms with Gasteiger partial charge >= 0.3 is 0 Å². The fourth-order valence-electron chi connectivity index (χ4n) is 3.00. The van der Waals surface area contributed by atoms with Gasteiger partial charge in [-0.15, -0.1) is 22.7 Å². The Morgan fingerprint density at radius 3 is 3.00 bits per heavy atom. The third-order valence-corrected chi connectivity index (χ3v) is 6.08. The van der Waals surface area contributed by atoms with E-state index in [1.165, 1.54) is 34.6 Å². The van der Waals surface area contributed by atoms with Gasteiger partial charge in [-0.2, -0.15) is 0 Å². The third kappa shape index (κ3) is 2.70. The Morgan fingerprint density at radius 2 is 2.20 bits per heavy atom. The van der Waals surface area contributed by atoms with Crippen LogP contribution in [-0.4, -0.2) is 18.8 Å². The lowest BCUT2D eigenvalue weighted by molar-refractivity contribution is 0.0809. The largest absolute Gasteiger partial charge is 0.376 e. The molecular weight excluding hydrogens is 286 g/mol. The summed E-state index contributed by atoms with van der Waals surface area (Å²) in [6, 6.07) is 7.20. The van der Waals surface area contributed by atoms with Crippen molar-refractivity contribution in [1.29, 1.82) is 0 Å². The van der Waals surface area contributed by atoms with Crippen LogP contribution in [0.4, 0.5) is 0 Å². The van der Waals surface area contributed by atoms with Crippen molar-refractivity contribution in [2.24, 2.45) is 5.92 Å². The molecule has 0 bridgehead atoms. The van der Waals surface area contributed by atoms with E-state index in [1.807, 2.05) is 22.7 Å². The van der Waals surface area contributed by atoms with E-state index in [-0.39, 0.29) is 0 Å². The van der Waals surface area contributed by atoms with E-state index in [4.69, 9.17) is 4.74 Å². The summed E-state index contributed by atoms with van der Waals surface area (Å²) < 4.78 is 5.88. The van der Waals surface area contributed by atoms with Gasteiger partial charge in [0.1, 0.15) is 0 Å². The first kappa shape index (κ1) is 13.0. The maximum atomic E-state index is 5.88. The molecule has 1 saturated carbocycles. The number of ether oxygens (including phenoxy) is 1. The van der Waals surface area contributed by atoms with Gasteiger partial charge in [0.25, 0.3) is 0 Å². The van der Waals surface area contributed by atoms with Gasteiger partial charge < -0.3 is 10.1 Å². The molecule has 0 spiro atoms. The van der Waals surface area contributed by atoms with Crippen LogP contribution in [0.3, 0.4) is 0 Å². The molecule has 3 heterocycles. The second-order valence-corrected chi connectivity index (χ2v) is 7.67. The van der Waals surface area contributed by atoms with Crippen molar-refractivity contribution in [2.45, 2.75) is 38.0 Å². The second kappa shape index (κ2) is 5.60. The minimum absolute atomic E-state index is 0.478. The van der Waals surface area contributed by atoms with Gasteiger partial charge in [0.15, 0.2) is 0 Å². The minimum atomic E-state index is 0.478. The standard InChI is InChI=1S/C16H19NOS2/c1-2-15(19-7-1)12-8-13(20-10-12)9-17-14-5-6-18-16(14)11-3-4-11/h1-2,7-8,10-11,14,16-17H,3-6,9H2. The Morgan fingerprint density at radius 1 is 1.25 bits per heavy atom. The van der Waals surface area contributed by atoms with Gasteiger partial charge in [0, 0.05) is 34.5 Å². The molecule has 1 N–H and O–H groups in total. The molecule has 2 unspecified atom stereocenters. The van der Waals surface area contributed by atoms with Gasteiger partial charge in [0.05, 0.1) is 6.10 Å². The molecule has 2 aromatic rings. The maximum absolute atomic E-state index is 5.88. The predicted molar refractivity (Wildman–Crippen MR) is 85.3 cm³/mol. The molecule has 4 heteroatoms. The molecule has 1 aliphatic heterocycles. The average Bonchev–Trinajstić information content (AvgIpc) is 2.93. The summed E-state index contributed by atoms with van der Waals surface area (Å²) in [5, 5.41) is 8.13.